The third-order valence-corrected chi connectivity index (χ3v) is 9.29. The van der Waals surface area contributed by atoms with Crippen molar-refractivity contribution in [3.63, 3.8) is 0 Å². The molecule has 226 valence electrons. The minimum absolute atomic E-state index is 0.904. The summed E-state index contributed by atoms with van der Waals surface area (Å²) >= 11 is 0. The van der Waals surface area contributed by atoms with Gasteiger partial charge in [-0.15, -0.1) is 0 Å². The van der Waals surface area contributed by atoms with Crippen molar-refractivity contribution < 1.29 is 4.42 Å². The number of hydrogen-bond donors (Lipinski definition) is 0. The van der Waals surface area contributed by atoms with E-state index in [1.807, 2.05) is 0 Å². The number of nitrogens with zero attached hydrogens (tertiary/aromatic N) is 1. The molecule has 0 radical (unpaired) electrons. The van der Waals surface area contributed by atoms with E-state index in [0.29, 0.717) is 0 Å². The van der Waals surface area contributed by atoms with E-state index in [0.717, 1.165) is 50.0 Å². The van der Waals surface area contributed by atoms with Crippen LogP contribution in [0.2, 0.25) is 0 Å². The highest BCUT2D eigenvalue weighted by Gasteiger charge is 2.18. The Hall–Kier alpha value is -6.38. The Morgan fingerprint density at radius 1 is 0.354 bits per heavy atom. The Morgan fingerprint density at radius 3 is 1.75 bits per heavy atom. The zero-order valence-electron chi connectivity index (χ0n) is 26.3. The second-order valence-electron chi connectivity index (χ2n) is 12.1. The van der Waals surface area contributed by atoms with Gasteiger partial charge in [0.15, 0.2) is 0 Å². The maximum atomic E-state index is 6.48. The first-order chi connectivity index (χ1) is 23.8. The smallest absolute Gasteiger partial charge is 0.143 e. The van der Waals surface area contributed by atoms with Crippen LogP contribution >= 0.6 is 0 Å². The summed E-state index contributed by atoms with van der Waals surface area (Å²) in [5, 5.41) is 4.61. The lowest BCUT2D eigenvalue weighted by molar-refractivity contribution is 0.673. The molecule has 0 saturated heterocycles. The first kappa shape index (κ1) is 27.9. The van der Waals surface area contributed by atoms with Gasteiger partial charge in [0.1, 0.15) is 11.2 Å². The van der Waals surface area contributed by atoms with E-state index in [-0.39, 0.29) is 0 Å². The zero-order chi connectivity index (χ0) is 31.9. The maximum Gasteiger partial charge on any atom is 0.143 e. The van der Waals surface area contributed by atoms with E-state index in [1.165, 1.54) is 33.2 Å². The van der Waals surface area contributed by atoms with Gasteiger partial charge in [0.05, 0.1) is 5.69 Å². The molecule has 2 heteroatoms. The molecule has 48 heavy (non-hydrogen) atoms. The molecule has 1 aromatic heterocycles. The topological polar surface area (TPSA) is 16.4 Å². The van der Waals surface area contributed by atoms with Crippen LogP contribution in [0.25, 0.3) is 66.1 Å². The molecule has 0 bridgehead atoms. The molecule has 0 spiro atoms. The van der Waals surface area contributed by atoms with Crippen molar-refractivity contribution in [2.24, 2.45) is 0 Å². The van der Waals surface area contributed by atoms with Gasteiger partial charge in [-0.25, -0.2) is 0 Å². The van der Waals surface area contributed by atoms with Crippen LogP contribution in [0.4, 0.5) is 17.1 Å². The van der Waals surface area contributed by atoms with Crippen LogP contribution in [-0.4, -0.2) is 0 Å². The van der Waals surface area contributed by atoms with Crippen molar-refractivity contribution in [1.82, 2.24) is 0 Å². The van der Waals surface area contributed by atoms with Crippen LogP contribution in [0, 0.1) is 0 Å². The Kier molecular flexibility index (Phi) is 6.84. The Labute approximate surface area is 279 Å². The van der Waals surface area contributed by atoms with E-state index in [9.17, 15) is 0 Å². The van der Waals surface area contributed by atoms with Crippen LogP contribution in [0.5, 0.6) is 0 Å². The maximum absolute atomic E-state index is 6.48. The first-order valence-corrected chi connectivity index (χ1v) is 16.4. The minimum Gasteiger partial charge on any atom is -0.455 e. The van der Waals surface area contributed by atoms with Crippen LogP contribution in [0.15, 0.2) is 192 Å². The predicted octanol–water partition coefficient (Wildman–Crippen LogP) is 13.2. The fourth-order valence-electron chi connectivity index (χ4n) is 6.97. The normalized spacial score (nSPS) is 11.3. The van der Waals surface area contributed by atoms with Gasteiger partial charge in [-0.2, -0.15) is 0 Å². The fourth-order valence-corrected chi connectivity index (χ4v) is 6.97. The van der Waals surface area contributed by atoms with Gasteiger partial charge in [-0.3, -0.25) is 0 Å². The number of furan rings is 1. The van der Waals surface area contributed by atoms with Crippen LogP contribution in [0.3, 0.4) is 0 Å². The molecule has 0 unspecified atom stereocenters. The number of hydrogen-bond acceptors (Lipinski definition) is 2. The highest BCUT2D eigenvalue weighted by Crippen LogP contribution is 2.43. The molecule has 0 aliphatic rings. The van der Waals surface area contributed by atoms with Crippen molar-refractivity contribution in [3.8, 4) is 33.4 Å². The van der Waals surface area contributed by atoms with Gasteiger partial charge >= 0.3 is 0 Å². The van der Waals surface area contributed by atoms with Crippen molar-refractivity contribution in [2.75, 3.05) is 4.90 Å². The molecule has 0 amide bonds. The summed E-state index contributed by atoms with van der Waals surface area (Å²) in [5.74, 6) is 0. The highest BCUT2D eigenvalue weighted by molar-refractivity contribution is 6.19. The summed E-state index contributed by atoms with van der Waals surface area (Å²) in [6.45, 7) is 0. The standard InChI is InChI=1S/C46H31NO/c1-3-12-32(13-4-1)33-22-24-35(25-23-33)39-17-9-10-20-43(39)47(37-15-5-2-6-16-37)38-29-26-36(27-30-38)40-19-11-21-44-45(40)42-31-28-34-14-7-8-18-41(34)46(42)48-44/h1-31H. The van der Waals surface area contributed by atoms with Gasteiger partial charge in [-0.1, -0.05) is 146 Å². The lowest BCUT2D eigenvalue weighted by Gasteiger charge is -2.28. The number of para-hydroxylation sites is 2. The van der Waals surface area contributed by atoms with Crippen molar-refractivity contribution in [3.05, 3.63) is 188 Å². The van der Waals surface area contributed by atoms with Gasteiger partial charge < -0.3 is 9.32 Å². The number of fused-ring (bicyclic) bond motifs is 5. The summed E-state index contributed by atoms with van der Waals surface area (Å²) in [6, 6.07) is 66.8. The van der Waals surface area contributed by atoms with E-state index in [2.05, 4.69) is 193 Å². The monoisotopic (exact) mass is 613 g/mol. The zero-order valence-corrected chi connectivity index (χ0v) is 26.3. The lowest BCUT2D eigenvalue weighted by atomic mass is 9.97. The lowest BCUT2D eigenvalue weighted by Crippen LogP contribution is -2.11. The average molecular weight is 614 g/mol. The number of benzene rings is 8. The largest absolute Gasteiger partial charge is 0.455 e. The Morgan fingerprint density at radius 2 is 0.938 bits per heavy atom. The quantitative estimate of drug-likeness (QED) is 0.185. The summed E-state index contributed by atoms with van der Waals surface area (Å²) in [4.78, 5) is 2.35. The van der Waals surface area contributed by atoms with Crippen molar-refractivity contribution >= 4 is 49.8 Å². The number of rotatable bonds is 6. The first-order valence-electron chi connectivity index (χ1n) is 16.4. The van der Waals surface area contributed by atoms with Crippen LogP contribution < -0.4 is 4.90 Å². The van der Waals surface area contributed by atoms with Crippen LogP contribution in [0.1, 0.15) is 0 Å². The van der Waals surface area contributed by atoms with Gasteiger partial charge in [-0.05, 0) is 75.7 Å². The molecule has 0 atom stereocenters. The molecule has 8 aromatic carbocycles. The van der Waals surface area contributed by atoms with Gasteiger partial charge in [0.2, 0.25) is 0 Å². The minimum atomic E-state index is 0.904. The molecule has 9 rings (SSSR count). The number of anilines is 3. The van der Waals surface area contributed by atoms with E-state index in [1.54, 1.807) is 0 Å². The molecule has 0 saturated carbocycles. The van der Waals surface area contributed by atoms with E-state index < -0.39 is 0 Å². The average Bonchev–Trinajstić information content (AvgIpc) is 3.56. The van der Waals surface area contributed by atoms with Crippen LogP contribution in [-0.2, 0) is 0 Å². The summed E-state index contributed by atoms with van der Waals surface area (Å²) in [6.07, 6.45) is 0. The molecular formula is C46H31NO. The third kappa shape index (κ3) is 4.83. The molecule has 0 aliphatic carbocycles. The molecule has 0 fully saturated rings. The molecule has 9 aromatic rings. The van der Waals surface area contributed by atoms with E-state index in [4.69, 9.17) is 4.42 Å². The molecular weight excluding hydrogens is 583 g/mol. The van der Waals surface area contributed by atoms with Crippen molar-refractivity contribution in [1.29, 1.82) is 0 Å². The molecule has 0 aliphatic heterocycles. The third-order valence-electron chi connectivity index (χ3n) is 9.29. The molecule has 2 nitrogen and oxygen atoms in total. The van der Waals surface area contributed by atoms with Crippen molar-refractivity contribution in [2.45, 2.75) is 0 Å². The Balaban J connectivity index is 1.14. The SMILES string of the molecule is c1ccc(-c2ccc(-c3ccccc3N(c3ccccc3)c3ccc(-c4cccc5oc6c7ccccc7ccc6c45)cc3)cc2)cc1. The Bertz CT molecular complexity index is 2530. The highest BCUT2D eigenvalue weighted by atomic mass is 16.3. The molecule has 1 heterocycles. The van der Waals surface area contributed by atoms with Gasteiger partial charge in [0.25, 0.3) is 0 Å². The fraction of sp³-hybridized carbons (Fsp3) is 0. The second kappa shape index (κ2) is 11.8. The predicted molar refractivity (Wildman–Crippen MR) is 202 cm³/mol. The summed E-state index contributed by atoms with van der Waals surface area (Å²) in [5.41, 5.74) is 12.3. The summed E-state index contributed by atoms with van der Waals surface area (Å²) < 4.78 is 6.48. The second-order valence-corrected chi connectivity index (χ2v) is 12.1. The van der Waals surface area contributed by atoms with E-state index >= 15 is 0 Å². The van der Waals surface area contributed by atoms with Gasteiger partial charge in [0, 0.05) is 33.1 Å². The summed E-state index contributed by atoms with van der Waals surface area (Å²) in [7, 11) is 0. The molecule has 0 N–H and O–H groups in total.